The second kappa shape index (κ2) is 8.85. The van der Waals surface area contributed by atoms with E-state index >= 15 is 0 Å². The fourth-order valence-corrected chi connectivity index (χ4v) is 3.87. The number of pyridine rings is 1. The van der Waals surface area contributed by atoms with E-state index in [-0.39, 0.29) is 17.8 Å². The lowest BCUT2D eigenvalue weighted by molar-refractivity contribution is 0.0937. The molecule has 4 rings (SSSR count). The third-order valence-electron chi connectivity index (χ3n) is 5.10. The molecular weight excluding hydrogens is 463 g/mol. The third-order valence-corrected chi connectivity index (χ3v) is 5.76. The van der Waals surface area contributed by atoms with Gasteiger partial charge in [0.2, 0.25) is 0 Å². The summed E-state index contributed by atoms with van der Waals surface area (Å²) >= 11 is 3.45. The predicted octanol–water partition coefficient (Wildman–Crippen LogP) is 5.21. The SMILES string of the molecule is CCC(NC(=O)c1cncc2c1cnn2-c1ccc(F)cc1)c1ccc(Br)c(OC)c1. The van der Waals surface area contributed by atoms with Crippen molar-refractivity contribution < 1.29 is 13.9 Å². The molecule has 1 atom stereocenters. The summed E-state index contributed by atoms with van der Waals surface area (Å²) in [7, 11) is 1.61. The molecule has 6 nitrogen and oxygen atoms in total. The Kier molecular flexibility index (Phi) is 5.99. The van der Waals surface area contributed by atoms with E-state index in [9.17, 15) is 9.18 Å². The summed E-state index contributed by atoms with van der Waals surface area (Å²) in [6.45, 7) is 2.00. The largest absolute Gasteiger partial charge is 0.496 e. The van der Waals surface area contributed by atoms with Crippen LogP contribution in [0, 0.1) is 5.82 Å². The molecule has 0 saturated carbocycles. The van der Waals surface area contributed by atoms with Crippen LogP contribution in [-0.4, -0.2) is 27.8 Å². The smallest absolute Gasteiger partial charge is 0.254 e. The average Bonchev–Trinajstić information content (AvgIpc) is 3.22. The van der Waals surface area contributed by atoms with Crippen molar-refractivity contribution in [3.63, 3.8) is 0 Å². The monoisotopic (exact) mass is 482 g/mol. The lowest BCUT2D eigenvalue weighted by atomic mass is 10.0. The average molecular weight is 483 g/mol. The zero-order valence-electron chi connectivity index (χ0n) is 17.0. The maximum Gasteiger partial charge on any atom is 0.254 e. The Balaban J connectivity index is 1.65. The van der Waals surface area contributed by atoms with Crippen LogP contribution >= 0.6 is 15.9 Å². The van der Waals surface area contributed by atoms with Gasteiger partial charge in [-0.2, -0.15) is 5.10 Å². The van der Waals surface area contributed by atoms with E-state index in [4.69, 9.17) is 4.74 Å². The first-order valence-electron chi connectivity index (χ1n) is 9.73. The highest BCUT2D eigenvalue weighted by atomic mass is 79.9. The van der Waals surface area contributed by atoms with E-state index in [0.29, 0.717) is 34.3 Å². The zero-order chi connectivity index (χ0) is 22.0. The molecule has 2 heterocycles. The molecule has 0 radical (unpaired) electrons. The molecule has 1 unspecified atom stereocenters. The number of amides is 1. The van der Waals surface area contributed by atoms with Crippen LogP contribution in [0.25, 0.3) is 16.6 Å². The van der Waals surface area contributed by atoms with Crippen LogP contribution in [0.2, 0.25) is 0 Å². The van der Waals surface area contributed by atoms with Crippen LogP contribution in [-0.2, 0) is 0 Å². The number of carbonyl (C=O) groups is 1. The Morgan fingerprint density at radius 3 is 2.68 bits per heavy atom. The first-order chi connectivity index (χ1) is 15.0. The van der Waals surface area contributed by atoms with Crippen molar-refractivity contribution in [3.8, 4) is 11.4 Å². The van der Waals surface area contributed by atoms with Gasteiger partial charge in [-0.3, -0.25) is 9.78 Å². The summed E-state index contributed by atoms with van der Waals surface area (Å²) in [5.74, 6) is 0.133. The summed E-state index contributed by atoms with van der Waals surface area (Å²) < 4.78 is 21.1. The summed E-state index contributed by atoms with van der Waals surface area (Å²) in [6, 6.07) is 11.5. The number of hydrogen-bond acceptors (Lipinski definition) is 4. The minimum atomic E-state index is -0.325. The molecule has 0 fully saturated rings. The van der Waals surface area contributed by atoms with Crippen molar-refractivity contribution in [1.82, 2.24) is 20.1 Å². The molecule has 0 aliphatic carbocycles. The normalized spacial score (nSPS) is 12.0. The number of aromatic nitrogens is 3. The first kappa shape index (κ1) is 21.0. The Morgan fingerprint density at radius 2 is 1.97 bits per heavy atom. The molecule has 2 aromatic carbocycles. The van der Waals surface area contributed by atoms with E-state index < -0.39 is 0 Å². The Labute approximate surface area is 187 Å². The van der Waals surface area contributed by atoms with Gasteiger partial charge < -0.3 is 10.1 Å². The summed E-state index contributed by atoms with van der Waals surface area (Å²) in [5, 5.41) is 8.13. The summed E-state index contributed by atoms with van der Waals surface area (Å²) in [4.78, 5) is 17.4. The lowest BCUT2D eigenvalue weighted by Crippen LogP contribution is -2.28. The highest BCUT2D eigenvalue weighted by Gasteiger charge is 2.19. The van der Waals surface area contributed by atoms with Crippen molar-refractivity contribution >= 4 is 32.7 Å². The number of rotatable bonds is 6. The Morgan fingerprint density at radius 1 is 1.19 bits per heavy atom. The number of nitrogens with one attached hydrogen (secondary N) is 1. The molecule has 158 valence electrons. The minimum Gasteiger partial charge on any atom is -0.496 e. The molecule has 2 aromatic heterocycles. The van der Waals surface area contributed by atoms with E-state index in [0.717, 1.165) is 10.0 Å². The zero-order valence-corrected chi connectivity index (χ0v) is 18.6. The van der Waals surface area contributed by atoms with Crippen LogP contribution in [0.1, 0.15) is 35.3 Å². The number of hydrogen-bond donors (Lipinski definition) is 1. The van der Waals surface area contributed by atoms with Crippen LogP contribution in [0.5, 0.6) is 5.75 Å². The second-order valence-electron chi connectivity index (χ2n) is 6.98. The van der Waals surface area contributed by atoms with E-state index in [1.54, 1.807) is 36.3 Å². The van der Waals surface area contributed by atoms with Crippen molar-refractivity contribution in [2.45, 2.75) is 19.4 Å². The van der Waals surface area contributed by atoms with Gasteiger partial charge in [0.1, 0.15) is 11.6 Å². The molecule has 0 aliphatic rings. The van der Waals surface area contributed by atoms with E-state index in [1.165, 1.54) is 18.3 Å². The number of fused-ring (bicyclic) bond motifs is 1. The molecule has 0 spiro atoms. The number of halogens is 2. The fourth-order valence-electron chi connectivity index (χ4n) is 3.46. The number of methoxy groups -OCH3 is 1. The van der Waals surface area contributed by atoms with Gasteiger partial charge in [-0.05, 0) is 64.3 Å². The molecule has 1 N–H and O–H groups in total. The summed E-state index contributed by atoms with van der Waals surface area (Å²) in [5.41, 5.74) is 2.72. The number of carbonyl (C=O) groups excluding carboxylic acids is 1. The number of ether oxygens (including phenoxy) is 1. The van der Waals surface area contributed by atoms with Crippen molar-refractivity contribution in [2.75, 3.05) is 7.11 Å². The van der Waals surface area contributed by atoms with Gasteiger partial charge in [0.15, 0.2) is 0 Å². The molecular formula is C23H20BrFN4O2. The maximum absolute atomic E-state index is 13.3. The van der Waals surface area contributed by atoms with Gasteiger partial charge in [0, 0.05) is 11.6 Å². The van der Waals surface area contributed by atoms with Crippen LogP contribution < -0.4 is 10.1 Å². The highest BCUT2D eigenvalue weighted by Crippen LogP contribution is 2.30. The fraction of sp³-hybridized carbons (Fsp3) is 0.174. The van der Waals surface area contributed by atoms with Gasteiger partial charge in [-0.15, -0.1) is 0 Å². The first-order valence-corrected chi connectivity index (χ1v) is 10.5. The molecule has 8 heteroatoms. The molecule has 1 amide bonds. The number of nitrogens with zero attached hydrogens (tertiary/aromatic N) is 3. The van der Waals surface area contributed by atoms with Crippen LogP contribution in [0.15, 0.2) is 65.5 Å². The van der Waals surface area contributed by atoms with Gasteiger partial charge in [0.25, 0.3) is 5.91 Å². The van der Waals surface area contributed by atoms with Crippen molar-refractivity contribution in [2.24, 2.45) is 0 Å². The topological polar surface area (TPSA) is 69.0 Å². The summed E-state index contributed by atoms with van der Waals surface area (Å²) in [6.07, 6.45) is 5.50. The highest BCUT2D eigenvalue weighted by molar-refractivity contribution is 9.10. The maximum atomic E-state index is 13.3. The number of benzene rings is 2. The van der Waals surface area contributed by atoms with Gasteiger partial charge in [0.05, 0.1) is 46.8 Å². The van der Waals surface area contributed by atoms with Crippen molar-refractivity contribution in [1.29, 1.82) is 0 Å². The predicted molar refractivity (Wildman–Crippen MR) is 120 cm³/mol. The molecule has 0 bridgehead atoms. The molecule has 4 aromatic rings. The van der Waals surface area contributed by atoms with Crippen LogP contribution in [0.3, 0.4) is 0 Å². The second-order valence-corrected chi connectivity index (χ2v) is 7.84. The van der Waals surface area contributed by atoms with Gasteiger partial charge in [-0.25, -0.2) is 9.07 Å². The van der Waals surface area contributed by atoms with Gasteiger partial charge >= 0.3 is 0 Å². The third kappa shape index (κ3) is 4.16. The quantitative estimate of drug-likeness (QED) is 0.409. The lowest BCUT2D eigenvalue weighted by Gasteiger charge is -2.19. The van der Waals surface area contributed by atoms with E-state index in [2.05, 4.69) is 31.3 Å². The Hall–Kier alpha value is -3.26. The van der Waals surface area contributed by atoms with Crippen LogP contribution in [0.4, 0.5) is 4.39 Å². The van der Waals surface area contributed by atoms with E-state index in [1.807, 2.05) is 25.1 Å². The standard InChI is InChI=1S/C23H20BrFN4O2/c1-3-20(14-4-9-19(24)22(10-14)31-2)28-23(30)18-11-26-13-21-17(18)12-27-29(21)16-7-5-15(25)6-8-16/h4-13,20H,3H2,1-2H3,(H,28,30). The Bertz CT molecular complexity index is 1240. The van der Waals surface area contributed by atoms with Crippen molar-refractivity contribution in [3.05, 3.63) is 82.5 Å². The molecule has 0 aliphatic heterocycles. The minimum absolute atomic E-state index is 0.197. The molecule has 31 heavy (non-hydrogen) atoms. The molecule has 0 saturated heterocycles. The van der Waals surface area contributed by atoms with Gasteiger partial charge in [-0.1, -0.05) is 13.0 Å².